The number of nitrogens with zero attached hydrogens (tertiary/aromatic N) is 5. The Bertz CT molecular complexity index is 1160. The first-order valence-corrected chi connectivity index (χ1v) is 9.63. The van der Waals surface area contributed by atoms with E-state index in [2.05, 4.69) is 36.5 Å². The molecule has 9 heteroatoms. The number of hydrogen-bond acceptors (Lipinski definition) is 7. The van der Waals surface area contributed by atoms with Crippen LogP contribution >= 0.6 is 0 Å². The molecule has 4 aromatic rings. The Morgan fingerprint density at radius 3 is 2.83 bits per heavy atom. The minimum atomic E-state index is -0.0573. The molecule has 1 aliphatic heterocycles. The van der Waals surface area contributed by atoms with Gasteiger partial charge in [-0.2, -0.15) is 4.52 Å². The molecule has 1 fully saturated rings. The van der Waals surface area contributed by atoms with E-state index in [1.807, 2.05) is 36.4 Å². The monoisotopic (exact) mass is 388 g/mol. The molecule has 1 unspecified atom stereocenters. The van der Waals surface area contributed by atoms with Gasteiger partial charge < -0.3 is 16.0 Å². The summed E-state index contributed by atoms with van der Waals surface area (Å²) in [7, 11) is 0. The lowest BCUT2D eigenvalue weighted by atomic mass is 10.1. The highest BCUT2D eigenvalue weighted by molar-refractivity contribution is 5.95. The Morgan fingerprint density at radius 1 is 1.14 bits per heavy atom. The molecule has 1 aliphatic rings. The minimum Gasteiger partial charge on any atom is -0.348 e. The van der Waals surface area contributed by atoms with Crippen molar-refractivity contribution in [2.75, 3.05) is 18.4 Å². The van der Waals surface area contributed by atoms with Crippen molar-refractivity contribution in [1.29, 1.82) is 0 Å². The molecular weight excluding hydrogens is 368 g/mol. The van der Waals surface area contributed by atoms with Gasteiger partial charge in [0.25, 0.3) is 5.91 Å². The predicted molar refractivity (Wildman–Crippen MR) is 109 cm³/mol. The molecule has 5 rings (SSSR count). The number of nitrogens with one attached hydrogen (secondary N) is 3. The van der Waals surface area contributed by atoms with Crippen LogP contribution in [0.25, 0.3) is 16.7 Å². The number of rotatable bonds is 4. The Labute approximate surface area is 166 Å². The molecule has 2 aromatic carbocycles. The number of aromatic nitrogens is 5. The number of carbonyl (C=O) groups excluding carboxylic acids is 1. The van der Waals surface area contributed by atoms with Gasteiger partial charge in [-0.15, -0.1) is 5.10 Å². The molecule has 3 heterocycles. The highest BCUT2D eigenvalue weighted by atomic mass is 16.1. The van der Waals surface area contributed by atoms with Gasteiger partial charge in [-0.05, 0) is 66.2 Å². The van der Waals surface area contributed by atoms with Crippen LogP contribution in [0.15, 0.2) is 48.5 Å². The van der Waals surface area contributed by atoms with Gasteiger partial charge in [0, 0.05) is 23.8 Å². The molecule has 9 nitrogen and oxygen atoms in total. The lowest BCUT2D eigenvalue weighted by Crippen LogP contribution is -2.45. The highest BCUT2D eigenvalue weighted by Crippen LogP contribution is 2.22. The fraction of sp³-hybridized carbons (Fsp3) is 0.250. The van der Waals surface area contributed by atoms with Crippen molar-refractivity contribution in [3.8, 4) is 0 Å². The number of piperidine rings is 1. The van der Waals surface area contributed by atoms with E-state index in [1.165, 1.54) is 0 Å². The summed E-state index contributed by atoms with van der Waals surface area (Å²) in [6, 6.07) is 15.2. The third kappa shape index (κ3) is 3.47. The predicted octanol–water partition coefficient (Wildman–Crippen LogP) is 1.90. The summed E-state index contributed by atoms with van der Waals surface area (Å²) in [6.45, 7) is 1.84. The number of fused-ring (bicyclic) bond motifs is 3. The van der Waals surface area contributed by atoms with Crippen molar-refractivity contribution in [3.63, 3.8) is 0 Å². The Hall–Kier alpha value is -3.59. The van der Waals surface area contributed by atoms with Gasteiger partial charge in [-0.1, -0.05) is 12.1 Å². The Kier molecular flexibility index (Phi) is 4.49. The zero-order valence-electron chi connectivity index (χ0n) is 15.7. The van der Waals surface area contributed by atoms with Crippen molar-refractivity contribution < 1.29 is 4.79 Å². The fourth-order valence-corrected chi connectivity index (χ4v) is 3.57. The number of carbonyl (C=O) groups is 1. The van der Waals surface area contributed by atoms with E-state index < -0.39 is 0 Å². The van der Waals surface area contributed by atoms with Crippen LogP contribution in [0.3, 0.4) is 0 Å². The van der Waals surface area contributed by atoms with Crippen LogP contribution < -0.4 is 16.0 Å². The van der Waals surface area contributed by atoms with Crippen LogP contribution in [0, 0.1) is 0 Å². The number of benzene rings is 2. The van der Waals surface area contributed by atoms with E-state index >= 15 is 0 Å². The van der Waals surface area contributed by atoms with Gasteiger partial charge in [-0.25, -0.2) is 4.98 Å². The average molecular weight is 388 g/mol. The van der Waals surface area contributed by atoms with Crippen LogP contribution in [-0.4, -0.2) is 50.1 Å². The largest absolute Gasteiger partial charge is 0.348 e. The van der Waals surface area contributed by atoms with Crippen LogP contribution in [0.2, 0.25) is 0 Å². The van der Waals surface area contributed by atoms with E-state index in [4.69, 9.17) is 0 Å². The quantitative estimate of drug-likeness (QED) is 0.490. The van der Waals surface area contributed by atoms with Gasteiger partial charge in [0.1, 0.15) is 0 Å². The van der Waals surface area contributed by atoms with Gasteiger partial charge in [0.05, 0.1) is 11.0 Å². The summed E-state index contributed by atoms with van der Waals surface area (Å²) in [5.74, 6) is 0.498. The number of tetrazole rings is 1. The van der Waals surface area contributed by atoms with Crippen molar-refractivity contribution in [2.45, 2.75) is 18.9 Å². The number of hydrogen-bond donors (Lipinski definition) is 3. The molecular formula is C20H20N8O. The summed E-state index contributed by atoms with van der Waals surface area (Å²) < 4.78 is 1.66. The van der Waals surface area contributed by atoms with Crippen molar-refractivity contribution in [2.24, 2.45) is 0 Å². The molecule has 146 valence electrons. The van der Waals surface area contributed by atoms with Crippen molar-refractivity contribution in [3.05, 3.63) is 54.1 Å². The van der Waals surface area contributed by atoms with E-state index in [9.17, 15) is 4.79 Å². The summed E-state index contributed by atoms with van der Waals surface area (Å²) in [4.78, 5) is 17.1. The zero-order valence-corrected chi connectivity index (χ0v) is 15.7. The fourth-order valence-electron chi connectivity index (χ4n) is 3.57. The standard InChI is InChI=1S/C20H20N8O/c29-20(23-15-4-3-11-21-12-15)13-7-9-14(10-8-13)22-18-19-25-26-27-28(19)17-6-2-1-5-16(17)24-18/h1-2,5-10,15,21H,3-4,11-12H2,(H,22,24)(H,23,29). The van der Waals surface area contributed by atoms with Crippen LogP contribution in [0.5, 0.6) is 0 Å². The number of para-hydroxylation sites is 2. The second-order valence-electron chi connectivity index (χ2n) is 7.08. The normalized spacial score (nSPS) is 16.8. The Balaban J connectivity index is 1.37. The number of amides is 1. The van der Waals surface area contributed by atoms with E-state index in [-0.39, 0.29) is 11.9 Å². The van der Waals surface area contributed by atoms with Gasteiger partial charge in [0.15, 0.2) is 5.82 Å². The maximum absolute atomic E-state index is 12.5. The summed E-state index contributed by atoms with van der Waals surface area (Å²) in [5.41, 5.74) is 3.58. The molecule has 1 atom stereocenters. The third-order valence-electron chi connectivity index (χ3n) is 5.07. The van der Waals surface area contributed by atoms with Crippen molar-refractivity contribution in [1.82, 2.24) is 35.7 Å². The minimum absolute atomic E-state index is 0.0573. The zero-order chi connectivity index (χ0) is 19.6. The second-order valence-corrected chi connectivity index (χ2v) is 7.08. The molecule has 0 radical (unpaired) electrons. The molecule has 1 amide bonds. The van der Waals surface area contributed by atoms with E-state index in [1.54, 1.807) is 16.6 Å². The molecule has 0 saturated carbocycles. The molecule has 2 aromatic heterocycles. The first kappa shape index (κ1) is 17.5. The van der Waals surface area contributed by atoms with Gasteiger partial charge in [0.2, 0.25) is 5.65 Å². The van der Waals surface area contributed by atoms with Gasteiger partial charge >= 0.3 is 0 Å². The molecule has 1 saturated heterocycles. The lowest BCUT2D eigenvalue weighted by Gasteiger charge is -2.23. The summed E-state index contributed by atoms with van der Waals surface area (Å²) >= 11 is 0. The van der Waals surface area contributed by atoms with E-state index in [0.29, 0.717) is 17.0 Å². The molecule has 0 bridgehead atoms. The summed E-state index contributed by atoms with van der Waals surface area (Å²) in [5, 5.41) is 21.6. The number of anilines is 2. The maximum atomic E-state index is 12.5. The first-order chi connectivity index (χ1) is 14.3. The first-order valence-electron chi connectivity index (χ1n) is 9.63. The van der Waals surface area contributed by atoms with Crippen molar-refractivity contribution >= 4 is 34.1 Å². The third-order valence-corrected chi connectivity index (χ3v) is 5.07. The van der Waals surface area contributed by atoms with E-state index in [0.717, 1.165) is 42.7 Å². The highest BCUT2D eigenvalue weighted by Gasteiger charge is 2.16. The van der Waals surface area contributed by atoms with Gasteiger partial charge in [-0.3, -0.25) is 4.79 Å². The SMILES string of the molecule is O=C(NC1CCCNC1)c1ccc(Nc2nc3ccccc3n3nnnc23)cc1. The lowest BCUT2D eigenvalue weighted by molar-refractivity contribution is 0.0930. The van der Waals surface area contributed by atoms with Crippen LogP contribution in [0.1, 0.15) is 23.2 Å². The Morgan fingerprint density at radius 2 is 2.00 bits per heavy atom. The average Bonchev–Trinajstić information content (AvgIpc) is 3.26. The maximum Gasteiger partial charge on any atom is 0.251 e. The van der Waals surface area contributed by atoms with Crippen LogP contribution in [-0.2, 0) is 0 Å². The topological polar surface area (TPSA) is 109 Å². The smallest absolute Gasteiger partial charge is 0.251 e. The molecule has 0 spiro atoms. The summed E-state index contributed by atoms with van der Waals surface area (Å²) in [6.07, 6.45) is 2.09. The van der Waals surface area contributed by atoms with Crippen LogP contribution in [0.4, 0.5) is 11.5 Å². The second kappa shape index (κ2) is 7.44. The molecule has 29 heavy (non-hydrogen) atoms. The molecule has 0 aliphatic carbocycles. The molecule has 3 N–H and O–H groups in total.